The van der Waals surface area contributed by atoms with E-state index in [1.807, 2.05) is 0 Å². The number of rotatable bonds is 6. The van der Waals surface area contributed by atoms with E-state index in [-0.39, 0.29) is 17.9 Å². The zero-order valence-electron chi connectivity index (χ0n) is 15.7. The standard InChI is InChI=1S/C20H26N2O4/c1-6-17(23)21-15-9-7-14(8-10-15)18(24)22(16-11-12-16)13(2)19(25)26-20(3,4)5/h6-10,13,16H,1,11-12H2,2-5H3,(H,21,23). The van der Waals surface area contributed by atoms with Crippen LogP contribution in [0.25, 0.3) is 0 Å². The molecule has 0 saturated heterocycles. The number of amides is 2. The van der Waals surface area contributed by atoms with E-state index in [0.29, 0.717) is 11.3 Å². The largest absolute Gasteiger partial charge is 0.458 e. The van der Waals surface area contributed by atoms with Gasteiger partial charge in [-0.05, 0) is 70.9 Å². The average Bonchev–Trinajstić information content (AvgIpc) is 3.38. The van der Waals surface area contributed by atoms with Crippen molar-refractivity contribution in [2.24, 2.45) is 0 Å². The number of ether oxygens (including phenoxy) is 1. The zero-order valence-corrected chi connectivity index (χ0v) is 15.7. The first-order chi connectivity index (χ1) is 12.1. The molecule has 0 heterocycles. The topological polar surface area (TPSA) is 75.7 Å². The van der Waals surface area contributed by atoms with Gasteiger partial charge in [0.1, 0.15) is 11.6 Å². The molecule has 1 saturated carbocycles. The Hall–Kier alpha value is -2.63. The molecule has 0 aromatic heterocycles. The summed E-state index contributed by atoms with van der Waals surface area (Å²) in [6, 6.07) is 5.98. The highest BCUT2D eigenvalue weighted by Gasteiger charge is 2.40. The Kier molecular flexibility index (Phi) is 5.85. The minimum atomic E-state index is -0.658. The Morgan fingerprint density at radius 2 is 1.81 bits per heavy atom. The van der Waals surface area contributed by atoms with Gasteiger partial charge in [-0.15, -0.1) is 0 Å². The molecule has 1 N–H and O–H groups in total. The lowest BCUT2D eigenvalue weighted by Gasteiger charge is -2.30. The highest BCUT2D eigenvalue weighted by molar-refractivity contribution is 6.00. The molecule has 1 aliphatic rings. The molecule has 2 rings (SSSR count). The van der Waals surface area contributed by atoms with Crippen LogP contribution >= 0.6 is 0 Å². The second-order valence-electron chi connectivity index (χ2n) is 7.42. The number of benzene rings is 1. The van der Waals surface area contributed by atoms with Gasteiger partial charge in [0, 0.05) is 17.3 Å². The van der Waals surface area contributed by atoms with Gasteiger partial charge in [0.05, 0.1) is 0 Å². The van der Waals surface area contributed by atoms with E-state index in [1.165, 1.54) is 6.08 Å². The number of nitrogens with zero attached hydrogens (tertiary/aromatic N) is 1. The summed E-state index contributed by atoms with van der Waals surface area (Å²) in [6.45, 7) is 10.5. The second kappa shape index (κ2) is 7.72. The van der Waals surface area contributed by atoms with Crippen LogP contribution in [-0.4, -0.2) is 40.4 Å². The fraction of sp³-hybridized carbons (Fsp3) is 0.450. The van der Waals surface area contributed by atoms with E-state index in [0.717, 1.165) is 12.8 Å². The predicted molar refractivity (Wildman–Crippen MR) is 99.8 cm³/mol. The van der Waals surface area contributed by atoms with Crippen molar-refractivity contribution >= 4 is 23.5 Å². The first-order valence-corrected chi connectivity index (χ1v) is 8.71. The van der Waals surface area contributed by atoms with Crippen LogP contribution in [0, 0.1) is 0 Å². The molecular weight excluding hydrogens is 332 g/mol. The minimum Gasteiger partial charge on any atom is -0.458 e. The van der Waals surface area contributed by atoms with Crippen molar-refractivity contribution in [3.05, 3.63) is 42.5 Å². The molecule has 2 amide bonds. The minimum absolute atomic E-state index is 0.0603. The van der Waals surface area contributed by atoms with Crippen molar-refractivity contribution in [2.45, 2.75) is 58.2 Å². The molecular formula is C20H26N2O4. The molecule has 6 heteroatoms. The number of hydrogen-bond donors (Lipinski definition) is 1. The number of esters is 1. The van der Waals surface area contributed by atoms with Gasteiger partial charge in [0.25, 0.3) is 5.91 Å². The smallest absolute Gasteiger partial charge is 0.329 e. The molecule has 0 radical (unpaired) electrons. The highest BCUT2D eigenvalue weighted by Crippen LogP contribution is 2.31. The second-order valence-corrected chi connectivity index (χ2v) is 7.42. The first-order valence-electron chi connectivity index (χ1n) is 8.71. The molecule has 1 aromatic carbocycles. The van der Waals surface area contributed by atoms with E-state index >= 15 is 0 Å². The fourth-order valence-electron chi connectivity index (χ4n) is 2.55. The summed E-state index contributed by atoms with van der Waals surface area (Å²) in [5.41, 5.74) is 0.433. The van der Waals surface area contributed by atoms with Crippen LogP contribution in [0.15, 0.2) is 36.9 Å². The molecule has 0 aliphatic heterocycles. The summed E-state index contributed by atoms with van der Waals surface area (Å²) in [7, 11) is 0. The number of nitrogens with one attached hydrogen (secondary N) is 1. The number of hydrogen-bond acceptors (Lipinski definition) is 4. The lowest BCUT2D eigenvalue weighted by atomic mass is 10.1. The molecule has 1 aliphatic carbocycles. The van der Waals surface area contributed by atoms with E-state index in [9.17, 15) is 14.4 Å². The molecule has 140 valence electrons. The third-order valence-electron chi connectivity index (χ3n) is 3.92. The summed E-state index contributed by atoms with van der Waals surface area (Å²) in [5, 5.41) is 2.63. The first kappa shape index (κ1) is 19.7. The van der Waals surface area contributed by atoms with Crippen LogP contribution in [0.1, 0.15) is 50.9 Å². The Bertz CT molecular complexity index is 700. The van der Waals surface area contributed by atoms with Gasteiger partial charge in [-0.1, -0.05) is 6.58 Å². The van der Waals surface area contributed by atoms with Crippen molar-refractivity contribution in [2.75, 3.05) is 5.32 Å². The Balaban J connectivity index is 2.14. The van der Waals surface area contributed by atoms with Gasteiger partial charge >= 0.3 is 5.97 Å². The molecule has 1 unspecified atom stereocenters. The maximum atomic E-state index is 12.9. The molecule has 1 atom stereocenters. The van der Waals surface area contributed by atoms with Crippen molar-refractivity contribution in [3.8, 4) is 0 Å². The lowest BCUT2D eigenvalue weighted by Crippen LogP contribution is -2.47. The normalized spacial score (nSPS) is 14.9. The Morgan fingerprint density at radius 1 is 1.23 bits per heavy atom. The molecule has 1 fully saturated rings. The SMILES string of the molecule is C=CC(=O)Nc1ccc(C(=O)N(C2CC2)C(C)C(=O)OC(C)(C)C)cc1. The lowest BCUT2D eigenvalue weighted by molar-refractivity contribution is -0.160. The van der Waals surface area contributed by atoms with E-state index in [4.69, 9.17) is 4.74 Å². The predicted octanol–water partition coefficient (Wildman–Crippen LogP) is 3.15. The average molecular weight is 358 g/mol. The monoisotopic (exact) mass is 358 g/mol. The zero-order chi connectivity index (χ0) is 19.5. The van der Waals surface area contributed by atoms with Crippen molar-refractivity contribution < 1.29 is 19.1 Å². The number of carbonyl (C=O) groups excluding carboxylic acids is 3. The van der Waals surface area contributed by atoms with Gasteiger partial charge in [0.15, 0.2) is 0 Å². The summed E-state index contributed by atoms with van der Waals surface area (Å²) < 4.78 is 5.43. The highest BCUT2D eigenvalue weighted by atomic mass is 16.6. The van der Waals surface area contributed by atoms with Crippen LogP contribution in [0.2, 0.25) is 0 Å². The maximum absolute atomic E-state index is 12.9. The van der Waals surface area contributed by atoms with E-state index < -0.39 is 17.6 Å². The molecule has 0 bridgehead atoms. The Labute approximate surface area is 154 Å². The van der Waals surface area contributed by atoms with Gasteiger partial charge in [-0.2, -0.15) is 0 Å². The van der Waals surface area contributed by atoms with Crippen LogP contribution in [0.5, 0.6) is 0 Å². The maximum Gasteiger partial charge on any atom is 0.329 e. The summed E-state index contributed by atoms with van der Waals surface area (Å²) in [5.74, 6) is -0.942. The Morgan fingerprint density at radius 3 is 2.27 bits per heavy atom. The number of anilines is 1. The molecule has 26 heavy (non-hydrogen) atoms. The van der Waals surface area contributed by atoms with Gasteiger partial charge in [-0.3, -0.25) is 9.59 Å². The van der Waals surface area contributed by atoms with E-state index in [1.54, 1.807) is 56.9 Å². The van der Waals surface area contributed by atoms with Crippen molar-refractivity contribution in [3.63, 3.8) is 0 Å². The van der Waals surface area contributed by atoms with Crippen LogP contribution in [-0.2, 0) is 14.3 Å². The fourth-order valence-corrected chi connectivity index (χ4v) is 2.55. The van der Waals surface area contributed by atoms with Gasteiger partial charge < -0.3 is 15.0 Å². The molecule has 6 nitrogen and oxygen atoms in total. The van der Waals surface area contributed by atoms with Gasteiger partial charge in [0.2, 0.25) is 5.91 Å². The van der Waals surface area contributed by atoms with Crippen molar-refractivity contribution in [1.82, 2.24) is 4.90 Å². The van der Waals surface area contributed by atoms with Crippen LogP contribution in [0.4, 0.5) is 5.69 Å². The summed E-state index contributed by atoms with van der Waals surface area (Å²) in [6.07, 6.45) is 2.94. The molecule has 1 aromatic rings. The summed E-state index contributed by atoms with van der Waals surface area (Å²) in [4.78, 5) is 38.3. The number of carbonyl (C=O) groups is 3. The third kappa shape index (κ3) is 5.18. The van der Waals surface area contributed by atoms with Crippen molar-refractivity contribution in [1.29, 1.82) is 0 Å². The van der Waals surface area contributed by atoms with Crippen LogP contribution < -0.4 is 5.32 Å². The van der Waals surface area contributed by atoms with Crippen LogP contribution in [0.3, 0.4) is 0 Å². The summed E-state index contributed by atoms with van der Waals surface area (Å²) >= 11 is 0. The van der Waals surface area contributed by atoms with Gasteiger partial charge in [-0.25, -0.2) is 4.79 Å². The third-order valence-corrected chi connectivity index (χ3v) is 3.92. The molecule has 0 spiro atoms. The van der Waals surface area contributed by atoms with E-state index in [2.05, 4.69) is 11.9 Å². The quantitative estimate of drug-likeness (QED) is 0.626.